The summed E-state index contributed by atoms with van der Waals surface area (Å²) in [6.07, 6.45) is 2.66. The van der Waals surface area contributed by atoms with E-state index in [0.29, 0.717) is 13.1 Å². The first kappa shape index (κ1) is 21.1. The van der Waals surface area contributed by atoms with Gasteiger partial charge in [-0.3, -0.25) is 9.59 Å². The molecule has 0 fully saturated rings. The normalized spacial score (nSPS) is 13.5. The smallest absolute Gasteiger partial charge is 0.309 e. The van der Waals surface area contributed by atoms with Crippen LogP contribution in [0.4, 0.5) is 5.69 Å². The maximum atomic E-state index is 12.4. The molecule has 160 valence electrons. The molecule has 1 unspecified atom stereocenters. The number of hydrogen-bond donors (Lipinski definition) is 2. The molecule has 31 heavy (non-hydrogen) atoms. The highest BCUT2D eigenvalue weighted by Gasteiger charge is 2.28. The average Bonchev–Trinajstić information content (AvgIpc) is 3.48. The number of thiophene rings is 1. The van der Waals surface area contributed by atoms with Gasteiger partial charge in [-0.2, -0.15) is 0 Å². The summed E-state index contributed by atoms with van der Waals surface area (Å²) in [4.78, 5) is 28.2. The Morgan fingerprint density at radius 3 is 2.52 bits per heavy atom. The lowest BCUT2D eigenvalue weighted by Crippen LogP contribution is -2.44. The fourth-order valence-electron chi connectivity index (χ4n) is 4.02. The third-order valence-electron chi connectivity index (χ3n) is 5.60. The molecule has 0 saturated heterocycles. The molecule has 4 rings (SSSR count). The third kappa shape index (κ3) is 5.33. The molecule has 2 heterocycles. The first-order valence-electron chi connectivity index (χ1n) is 10.7. The fraction of sp³-hybridized carbons (Fsp3) is 0.280. The Bertz CT molecular complexity index is 1000. The van der Waals surface area contributed by atoms with Crippen molar-refractivity contribution in [1.29, 1.82) is 0 Å². The Labute approximate surface area is 187 Å². The van der Waals surface area contributed by atoms with Crippen molar-refractivity contribution in [2.24, 2.45) is 0 Å². The number of fused-ring (bicyclic) bond motifs is 1. The van der Waals surface area contributed by atoms with Crippen LogP contribution >= 0.6 is 11.3 Å². The van der Waals surface area contributed by atoms with Gasteiger partial charge in [0.25, 0.3) is 0 Å². The Balaban J connectivity index is 1.30. The first-order chi connectivity index (χ1) is 15.2. The molecule has 3 aromatic rings. The van der Waals surface area contributed by atoms with E-state index in [1.807, 2.05) is 35.7 Å². The van der Waals surface area contributed by atoms with Gasteiger partial charge in [-0.25, -0.2) is 0 Å². The van der Waals surface area contributed by atoms with E-state index < -0.39 is 11.8 Å². The summed E-state index contributed by atoms with van der Waals surface area (Å²) in [5.74, 6) is -1.14. The molecule has 0 radical (unpaired) electrons. The van der Waals surface area contributed by atoms with Crippen LogP contribution in [0.3, 0.4) is 0 Å². The summed E-state index contributed by atoms with van der Waals surface area (Å²) in [6.45, 7) is 1.78. The summed E-state index contributed by atoms with van der Waals surface area (Å²) in [5, 5.41) is 7.63. The van der Waals surface area contributed by atoms with Gasteiger partial charge in [-0.15, -0.1) is 11.3 Å². The number of nitrogens with one attached hydrogen (secondary N) is 2. The van der Waals surface area contributed by atoms with E-state index in [2.05, 4.69) is 51.9 Å². The van der Waals surface area contributed by atoms with Gasteiger partial charge in [0, 0.05) is 30.2 Å². The van der Waals surface area contributed by atoms with E-state index >= 15 is 0 Å². The second-order valence-electron chi connectivity index (χ2n) is 7.66. The number of amides is 2. The van der Waals surface area contributed by atoms with Crippen LogP contribution in [0.15, 0.2) is 72.1 Å². The maximum absolute atomic E-state index is 12.4. The van der Waals surface area contributed by atoms with E-state index in [4.69, 9.17) is 0 Å². The van der Waals surface area contributed by atoms with Crippen molar-refractivity contribution in [3.63, 3.8) is 0 Å². The quantitative estimate of drug-likeness (QED) is 0.420. The number of carbonyl (C=O) groups excluding carboxylic acids is 2. The molecule has 0 spiro atoms. The van der Waals surface area contributed by atoms with Crippen molar-refractivity contribution in [2.45, 2.75) is 25.3 Å². The minimum atomic E-state index is -0.575. The van der Waals surface area contributed by atoms with Crippen LogP contribution in [0, 0.1) is 0 Å². The molecule has 2 amide bonds. The van der Waals surface area contributed by atoms with Crippen LogP contribution in [0.5, 0.6) is 0 Å². The van der Waals surface area contributed by atoms with Crippen molar-refractivity contribution in [2.75, 3.05) is 24.5 Å². The van der Waals surface area contributed by atoms with Crippen molar-refractivity contribution in [3.05, 3.63) is 88.1 Å². The number of rotatable bonds is 8. The van der Waals surface area contributed by atoms with Crippen molar-refractivity contribution in [1.82, 2.24) is 10.6 Å². The van der Waals surface area contributed by atoms with Crippen molar-refractivity contribution in [3.8, 4) is 0 Å². The van der Waals surface area contributed by atoms with Gasteiger partial charge in [0.05, 0.1) is 6.04 Å². The van der Waals surface area contributed by atoms with Crippen molar-refractivity contribution < 1.29 is 9.59 Å². The summed E-state index contributed by atoms with van der Waals surface area (Å²) in [7, 11) is 0. The van der Waals surface area contributed by atoms with E-state index in [0.717, 1.165) is 25.8 Å². The van der Waals surface area contributed by atoms with E-state index in [9.17, 15) is 9.59 Å². The molecular weight excluding hydrogens is 406 g/mol. The zero-order valence-corrected chi connectivity index (χ0v) is 18.2. The zero-order chi connectivity index (χ0) is 21.5. The highest BCUT2D eigenvalue weighted by molar-refractivity contribution is 7.10. The molecule has 0 aliphatic carbocycles. The van der Waals surface area contributed by atoms with Gasteiger partial charge < -0.3 is 15.5 Å². The number of carbonyl (C=O) groups is 2. The minimum Gasteiger partial charge on any atom is -0.361 e. The van der Waals surface area contributed by atoms with Crippen LogP contribution in [0.25, 0.3) is 0 Å². The molecule has 2 N–H and O–H groups in total. The topological polar surface area (TPSA) is 61.4 Å². The monoisotopic (exact) mass is 433 g/mol. The summed E-state index contributed by atoms with van der Waals surface area (Å²) in [6, 6.07) is 22.6. The van der Waals surface area contributed by atoms with Crippen molar-refractivity contribution >= 4 is 28.8 Å². The van der Waals surface area contributed by atoms with E-state index in [-0.39, 0.29) is 6.04 Å². The van der Waals surface area contributed by atoms with Gasteiger partial charge in [0.15, 0.2) is 0 Å². The first-order valence-corrected chi connectivity index (χ1v) is 11.6. The molecule has 6 heteroatoms. The number of aryl methyl sites for hydroxylation is 1. The molecule has 1 atom stereocenters. The highest BCUT2D eigenvalue weighted by Crippen LogP contribution is 2.36. The molecule has 1 aliphatic rings. The molecular formula is C25H27N3O2S. The van der Waals surface area contributed by atoms with Crippen LogP contribution < -0.4 is 15.5 Å². The number of hydrogen-bond acceptors (Lipinski definition) is 4. The second kappa shape index (κ2) is 10.3. The van der Waals surface area contributed by atoms with Crippen LogP contribution in [-0.4, -0.2) is 31.4 Å². The minimum absolute atomic E-state index is 0.0125. The lowest BCUT2D eigenvalue weighted by molar-refractivity contribution is -0.139. The van der Waals surface area contributed by atoms with Crippen LogP contribution in [0.2, 0.25) is 0 Å². The standard InChI is InChI=1S/C25H27N3O2S/c29-24(26-15-6-10-19-8-2-1-3-9-19)25(30)27-18-22(23-13-7-17-31-23)28-16-14-20-11-4-5-12-21(20)28/h1-5,7-9,11-13,17,22H,6,10,14-16,18H2,(H,26,29)(H,27,30). The van der Waals surface area contributed by atoms with Gasteiger partial charge in [0.1, 0.15) is 0 Å². The number of nitrogens with zero attached hydrogens (tertiary/aromatic N) is 1. The largest absolute Gasteiger partial charge is 0.361 e. The predicted octanol–water partition coefficient (Wildman–Crippen LogP) is 3.72. The van der Waals surface area contributed by atoms with E-state index in [1.165, 1.54) is 21.7 Å². The molecule has 0 bridgehead atoms. The maximum Gasteiger partial charge on any atom is 0.309 e. The van der Waals surface area contributed by atoms with E-state index in [1.54, 1.807) is 11.3 Å². The molecule has 1 aromatic heterocycles. The van der Waals surface area contributed by atoms with Gasteiger partial charge in [-0.1, -0.05) is 54.6 Å². The summed E-state index contributed by atoms with van der Waals surface area (Å²) >= 11 is 1.67. The molecule has 0 saturated carbocycles. The number of benzene rings is 2. The summed E-state index contributed by atoms with van der Waals surface area (Å²) in [5.41, 5.74) is 3.76. The lowest BCUT2D eigenvalue weighted by Gasteiger charge is -2.30. The fourth-order valence-corrected chi connectivity index (χ4v) is 4.86. The van der Waals surface area contributed by atoms with Crippen LogP contribution in [0.1, 0.15) is 28.5 Å². The zero-order valence-electron chi connectivity index (χ0n) is 17.4. The van der Waals surface area contributed by atoms with Gasteiger partial charge in [-0.05, 0) is 47.9 Å². The number of para-hydroxylation sites is 1. The molecule has 5 nitrogen and oxygen atoms in total. The third-order valence-corrected chi connectivity index (χ3v) is 6.58. The Morgan fingerprint density at radius 1 is 0.935 bits per heavy atom. The number of anilines is 1. The van der Waals surface area contributed by atoms with Gasteiger partial charge >= 0.3 is 11.8 Å². The second-order valence-corrected chi connectivity index (χ2v) is 8.64. The summed E-state index contributed by atoms with van der Waals surface area (Å²) < 4.78 is 0. The highest BCUT2D eigenvalue weighted by atomic mass is 32.1. The van der Waals surface area contributed by atoms with Crippen LogP contribution in [-0.2, 0) is 22.4 Å². The Kier molecular flexibility index (Phi) is 6.99. The SMILES string of the molecule is O=C(NCCCc1ccccc1)C(=O)NCC(c1cccs1)N1CCc2ccccc21. The Hall–Kier alpha value is -3.12. The Morgan fingerprint density at radius 2 is 1.71 bits per heavy atom. The van der Waals surface area contributed by atoms with Gasteiger partial charge in [0.2, 0.25) is 0 Å². The predicted molar refractivity (Wildman–Crippen MR) is 125 cm³/mol. The molecule has 2 aromatic carbocycles. The molecule has 1 aliphatic heterocycles. The lowest BCUT2D eigenvalue weighted by atomic mass is 10.1. The average molecular weight is 434 g/mol.